The van der Waals surface area contributed by atoms with Gasteiger partial charge in [0.1, 0.15) is 6.61 Å². The third kappa shape index (κ3) is 4.69. The van der Waals surface area contributed by atoms with Gasteiger partial charge in [0.25, 0.3) is 0 Å². The van der Waals surface area contributed by atoms with Crippen LogP contribution in [0.15, 0.2) is 11.6 Å². The van der Waals surface area contributed by atoms with Crippen LogP contribution in [0.5, 0.6) is 0 Å². The molecule has 0 amide bonds. The first-order chi connectivity index (χ1) is 8.19. The molecule has 0 heterocycles. The van der Waals surface area contributed by atoms with Crippen LogP contribution in [0.1, 0.15) is 40.5 Å². The number of carbonyl (C=O) groups excluding carboxylic acids is 1. The van der Waals surface area contributed by atoms with Gasteiger partial charge < -0.3 is 9.84 Å². The lowest BCUT2D eigenvalue weighted by atomic mass is 9.72. The normalized spacial score (nSPS) is 15.4. The molecule has 0 aliphatic heterocycles. The average Bonchev–Trinajstić information content (AvgIpc) is 2.28. The van der Waals surface area contributed by atoms with Crippen molar-refractivity contribution in [1.82, 2.24) is 0 Å². The van der Waals surface area contributed by atoms with Crippen molar-refractivity contribution in [3.05, 3.63) is 11.6 Å². The molecule has 0 fully saturated rings. The molecule has 0 spiro atoms. The van der Waals surface area contributed by atoms with Crippen molar-refractivity contribution in [2.75, 3.05) is 6.61 Å². The Morgan fingerprint density at radius 3 is 2.28 bits per heavy atom. The summed E-state index contributed by atoms with van der Waals surface area (Å²) in [6.07, 6.45) is 2.20. The highest BCUT2D eigenvalue weighted by Crippen LogP contribution is 2.37. The Kier molecular flexibility index (Phi) is 6.39. The Morgan fingerprint density at radius 2 is 1.89 bits per heavy atom. The lowest BCUT2D eigenvalue weighted by molar-refractivity contribution is -0.159. The van der Waals surface area contributed by atoms with Gasteiger partial charge in [-0.15, -0.1) is 0 Å². The van der Waals surface area contributed by atoms with E-state index in [1.165, 1.54) is 11.6 Å². The fourth-order valence-electron chi connectivity index (χ4n) is 1.75. The summed E-state index contributed by atoms with van der Waals surface area (Å²) in [7, 11) is 0. The molecule has 1 atom stereocenters. The number of hydrogen-bond donors (Lipinski definition) is 1. The summed E-state index contributed by atoms with van der Waals surface area (Å²) in [6.45, 7) is 6.92. The zero-order valence-corrected chi connectivity index (χ0v) is 12.1. The third-order valence-corrected chi connectivity index (χ3v) is 3.26. The Bertz CT molecular complexity index is 336. The van der Waals surface area contributed by atoms with Crippen molar-refractivity contribution in [2.24, 2.45) is 10.8 Å². The van der Waals surface area contributed by atoms with E-state index in [0.717, 1.165) is 0 Å². The fourth-order valence-corrected chi connectivity index (χ4v) is 1.83. The van der Waals surface area contributed by atoms with Gasteiger partial charge in [-0.25, -0.2) is 0 Å². The zero-order valence-electron chi connectivity index (χ0n) is 11.3. The number of esters is 1. The Balaban J connectivity index is 4.72. The first kappa shape index (κ1) is 17.0. The second-order valence-corrected chi connectivity index (χ2v) is 5.49. The fraction of sp³-hybridized carbons (Fsp3) is 0.692. The molecule has 0 aliphatic carbocycles. The van der Waals surface area contributed by atoms with Crippen LogP contribution in [0.4, 0.5) is 0 Å². The molecule has 0 saturated carbocycles. The Hall–Kier alpha value is -1.03. The number of rotatable bonds is 7. The quantitative estimate of drug-likeness (QED) is 0.725. The van der Waals surface area contributed by atoms with Crippen molar-refractivity contribution in [3.63, 3.8) is 0 Å². The van der Waals surface area contributed by atoms with Gasteiger partial charge in [-0.2, -0.15) is 0 Å². The first-order valence-corrected chi connectivity index (χ1v) is 6.29. The van der Waals surface area contributed by atoms with E-state index in [0.29, 0.717) is 6.42 Å². The van der Waals surface area contributed by atoms with Gasteiger partial charge in [-0.3, -0.25) is 9.59 Å². The molecule has 104 valence electrons. The maximum absolute atomic E-state index is 11.9. The summed E-state index contributed by atoms with van der Waals surface area (Å²) >= 11 is 5.32. The van der Waals surface area contributed by atoms with Crippen molar-refractivity contribution in [1.29, 1.82) is 0 Å². The molecule has 0 aliphatic rings. The number of carbonyl (C=O) groups is 2. The van der Waals surface area contributed by atoms with Crippen LogP contribution in [0.2, 0.25) is 0 Å². The maximum Gasteiger partial charge on any atom is 0.311 e. The van der Waals surface area contributed by atoms with Crippen LogP contribution < -0.4 is 0 Å². The van der Waals surface area contributed by atoms with Gasteiger partial charge in [-0.05, 0) is 39.7 Å². The highest BCUT2D eigenvalue weighted by molar-refractivity contribution is 6.25. The first-order valence-electron chi connectivity index (χ1n) is 5.85. The molecule has 1 N–H and O–H groups in total. The van der Waals surface area contributed by atoms with Gasteiger partial charge in [0, 0.05) is 5.54 Å². The number of carboxylic acids is 1. The maximum atomic E-state index is 11.9. The standard InChI is InChI=1S/C13H21ClO4/c1-5-13(4,10(15)16)9-12(2,3)11(17)18-8-6-7-14/h6-7H,5,8-9H2,1-4H3,(H,15,16)/b7-6+. The third-order valence-electron chi connectivity index (χ3n) is 3.08. The molecule has 0 saturated heterocycles. The predicted molar refractivity (Wildman–Crippen MR) is 70.4 cm³/mol. The van der Waals surface area contributed by atoms with Crippen molar-refractivity contribution in [3.8, 4) is 0 Å². The molecule has 1 unspecified atom stereocenters. The lowest BCUT2D eigenvalue weighted by Gasteiger charge is -2.32. The Labute approximate surface area is 113 Å². The summed E-state index contributed by atoms with van der Waals surface area (Å²) < 4.78 is 5.01. The number of carboxylic acid groups (broad SMARTS) is 1. The van der Waals surface area contributed by atoms with Crippen LogP contribution in [0.25, 0.3) is 0 Å². The SMILES string of the molecule is CCC(C)(CC(C)(C)C(=O)OC/C=C/Cl)C(=O)O. The highest BCUT2D eigenvalue weighted by atomic mass is 35.5. The van der Waals surface area contributed by atoms with E-state index < -0.39 is 22.8 Å². The minimum atomic E-state index is -0.926. The van der Waals surface area contributed by atoms with E-state index in [-0.39, 0.29) is 13.0 Å². The van der Waals surface area contributed by atoms with E-state index >= 15 is 0 Å². The topological polar surface area (TPSA) is 63.6 Å². The Morgan fingerprint density at radius 1 is 1.33 bits per heavy atom. The van der Waals surface area contributed by atoms with Crippen LogP contribution in [0, 0.1) is 10.8 Å². The predicted octanol–water partition coefficient (Wildman–Crippen LogP) is 3.20. The molecule has 0 aromatic rings. The number of halogens is 1. The molecule has 0 aromatic heterocycles. The average molecular weight is 277 g/mol. The van der Waals surface area contributed by atoms with E-state index in [1.807, 2.05) is 0 Å². The van der Waals surface area contributed by atoms with Crippen LogP contribution in [-0.2, 0) is 14.3 Å². The van der Waals surface area contributed by atoms with Crippen molar-refractivity contribution < 1.29 is 19.4 Å². The van der Waals surface area contributed by atoms with Crippen LogP contribution >= 0.6 is 11.6 Å². The molecule has 0 radical (unpaired) electrons. The smallest absolute Gasteiger partial charge is 0.311 e. The molecule has 5 heteroatoms. The molecule has 0 rings (SSSR count). The van der Waals surface area contributed by atoms with E-state index in [9.17, 15) is 14.7 Å². The van der Waals surface area contributed by atoms with Gasteiger partial charge in [0.15, 0.2) is 0 Å². The summed E-state index contributed by atoms with van der Waals surface area (Å²) in [4.78, 5) is 23.1. The van der Waals surface area contributed by atoms with E-state index in [1.54, 1.807) is 27.7 Å². The minimum Gasteiger partial charge on any atom is -0.481 e. The minimum absolute atomic E-state index is 0.0989. The molecular weight excluding hydrogens is 256 g/mol. The number of aliphatic carboxylic acids is 1. The van der Waals surface area contributed by atoms with Gasteiger partial charge in [0.05, 0.1) is 10.8 Å². The second-order valence-electron chi connectivity index (χ2n) is 5.24. The van der Waals surface area contributed by atoms with Crippen molar-refractivity contribution in [2.45, 2.75) is 40.5 Å². The van der Waals surface area contributed by atoms with Crippen molar-refractivity contribution >= 4 is 23.5 Å². The molecule has 0 bridgehead atoms. The molecule has 0 aromatic carbocycles. The number of ether oxygens (including phenoxy) is 1. The molecule has 4 nitrogen and oxygen atoms in total. The van der Waals surface area contributed by atoms with E-state index in [4.69, 9.17) is 16.3 Å². The summed E-state index contributed by atoms with van der Waals surface area (Å²) in [5.74, 6) is -1.32. The van der Waals surface area contributed by atoms with Gasteiger partial charge in [-0.1, -0.05) is 18.5 Å². The number of hydrogen-bond acceptors (Lipinski definition) is 3. The second kappa shape index (κ2) is 6.78. The molecular formula is C13H21ClO4. The zero-order chi connectivity index (χ0) is 14.4. The summed E-state index contributed by atoms with van der Waals surface area (Å²) in [5.41, 5.74) is -0.498. The lowest BCUT2D eigenvalue weighted by Crippen LogP contribution is -2.37. The van der Waals surface area contributed by atoms with Gasteiger partial charge >= 0.3 is 11.9 Å². The van der Waals surface area contributed by atoms with E-state index in [2.05, 4.69) is 0 Å². The largest absolute Gasteiger partial charge is 0.481 e. The summed E-state index contributed by atoms with van der Waals surface area (Å²) in [5, 5.41) is 9.21. The summed E-state index contributed by atoms with van der Waals surface area (Å²) in [6, 6.07) is 0. The monoisotopic (exact) mass is 276 g/mol. The molecule has 18 heavy (non-hydrogen) atoms. The van der Waals surface area contributed by atoms with Gasteiger partial charge in [0.2, 0.25) is 0 Å². The van der Waals surface area contributed by atoms with Crippen LogP contribution in [-0.4, -0.2) is 23.7 Å². The van der Waals surface area contributed by atoms with Crippen LogP contribution in [0.3, 0.4) is 0 Å². The highest BCUT2D eigenvalue weighted by Gasteiger charge is 2.41.